The molecule has 4 rings (SSSR count). The maximum atomic E-state index is 14.7. The fraction of sp³-hybridized carbons (Fsp3) is 0.333. The van der Waals surface area contributed by atoms with E-state index in [1.54, 1.807) is 12.1 Å². The molecule has 1 aliphatic heterocycles. The molecule has 33 heavy (non-hydrogen) atoms. The molecule has 0 saturated carbocycles. The van der Waals surface area contributed by atoms with Crippen LogP contribution in [0, 0.1) is 11.7 Å². The van der Waals surface area contributed by atoms with E-state index < -0.39 is 17.7 Å². The Morgan fingerprint density at radius 1 is 1.18 bits per heavy atom. The minimum Gasteiger partial charge on any atom is -0.481 e. The van der Waals surface area contributed by atoms with Gasteiger partial charge in [-0.2, -0.15) is 0 Å². The highest BCUT2D eigenvalue weighted by atomic mass is 32.1. The Morgan fingerprint density at radius 2 is 1.94 bits per heavy atom. The van der Waals surface area contributed by atoms with E-state index >= 15 is 0 Å². The number of halogens is 1. The number of nitrogens with zero attached hydrogens (tertiary/aromatic N) is 3. The van der Waals surface area contributed by atoms with Gasteiger partial charge in [0.05, 0.1) is 11.5 Å². The second kappa shape index (κ2) is 10.2. The van der Waals surface area contributed by atoms with Crippen LogP contribution < -0.4 is 5.32 Å². The third-order valence-electron chi connectivity index (χ3n) is 5.68. The van der Waals surface area contributed by atoms with Crippen LogP contribution in [0.15, 0.2) is 42.5 Å². The zero-order chi connectivity index (χ0) is 23.4. The Hall–Kier alpha value is -3.17. The number of benzene rings is 2. The zero-order valence-electron chi connectivity index (χ0n) is 18.3. The summed E-state index contributed by atoms with van der Waals surface area (Å²) in [7, 11) is 0. The summed E-state index contributed by atoms with van der Waals surface area (Å²) in [5.41, 5.74) is 2.48. The minimum atomic E-state index is -0.743. The van der Waals surface area contributed by atoms with Crippen LogP contribution in [0.4, 0.5) is 9.52 Å². The summed E-state index contributed by atoms with van der Waals surface area (Å²) in [6.07, 6.45) is 2.41. The number of carboxylic acids is 1. The van der Waals surface area contributed by atoms with Gasteiger partial charge in [0.25, 0.3) is 5.91 Å². The lowest BCUT2D eigenvalue weighted by Gasteiger charge is -2.36. The number of anilines is 1. The van der Waals surface area contributed by atoms with Gasteiger partial charge in [0.2, 0.25) is 5.13 Å². The van der Waals surface area contributed by atoms with Crippen molar-refractivity contribution in [2.24, 2.45) is 5.92 Å². The lowest BCUT2D eigenvalue weighted by atomic mass is 9.99. The average Bonchev–Trinajstić information content (AvgIpc) is 3.23. The third kappa shape index (κ3) is 5.43. The number of aryl methyl sites for hydroxylation is 1. The van der Waals surface area contributed by atoms with Crippen LogP contribution in [0.25, 0.3) is 10.6 Å². The van der Waals surface area contributed by atoms with Crippen molar-refractivity contribution < 1.29 is 19.1 Å². The number of carbonyl (C=O) groups is 2. The van der Waals surface area contributed by atoms with E-state index in [1.165, 1.54) is 17.4 Å². The molecular weight excluding hydrogens is 443 g/mol. The van der Waals surface area contributed by atoms with E-state index in [9.17, 15) is 14.0 Å². The summed E-state index contributed by atoms with van der Waals surface area (Å²) in [5.74, 6) is -2.04. The summed E-state index contributed by atoms with van der Waals surface area (Å²) in [6, 6.07) is 12.7. The zero-order valence-corrected chi connectivity index (χ0v) is 19.1. The van der Waals surface area contributed by atoms with Crippen LogP contribution in [0.5, 0.6) is 0 Å². The number of likely N-dealkylation sites (tertiary alicyclic amines) is 1. The first-order valence-corrected chi connectivity index (χ1v) is 11.7. The quantitative estimate of drug-likeness (QED) is 0.482. The van der Waals surface area contributed by atoms with Crippen LogP contribution in [0.1, 0.15) is 41.3 Å². The number of hydrogen-bond donors (Lipinski definition) is 2. The molecule has 0 unspecified atom stereocenters. The normalized spacial score (nSPS) is 14.1. The molecule has 1 aliphatic rings. The van der Waals surface area contributed by atoms with Crippen molar-refractivity contribution in [1.29, 1.82) is 0 Å². The van der Waals surface area contributed by atoms with E-state index in [1.807, 2.05) is 31.2 Å². The van der Waals surface area contributed by atoms with E-state index in [0.29, 0.717) is 41.8 Å². The monoisotopic (exact) mass is 468 g/mol. The maximum absolute atomic E-state index is 14.7. The molecule has 1 amide bonds. The number of unbranched alkanes of at least 4 members (excludes halogenated alkanes) is 1. The molecule has 172 valence electrons. The van der Waals surface area contributed by atoms with Crippen molar-refractivity contribution >= 4 is 28.3 Å². The molecule has 2 aromatic carbocycles. The highest BCUT2D eigenvalue weighted by molar-refractivity contribution is 7.18. The molecular formula is C24H25FN4O3S. The van der Waals surface area contributed by atoms with E-state index in [4.69, 9.17) is 5.11 Å². The molecule has 0 radical (unpaired) electrons. The molecule has 3 aromatic rings. The Kier molecular flexibility index (Phi) is 7.10. The van der Waals surface area contributed by atoms with Gasteiger partial charge in [-0.15, -0.1) is 10.2 Å². The van der Waals surface area contributed by atoms with Gasteiger partial charge < -0.3 is 5.11 Å². The Bertz CT molecular complexity index is 1140. The van der Waals surface area contributed by atoms with Crippen LogP contribution in [0.2, 0.25) is 0 Å². The molecule has 0 spiro atoms. The van der Waals surface area contributed by atoms with Gasteiger partial charge in [-0.05, 0) is 30.0 Å². The Labute approximate surface area is 195 Å². The van der Waals surface area contributed by atoms with Gasteiger partial charge in [0.15, 0.2) is 0 Å². The molecule has 9 heteroatoms. The predicted molar refractivity (Wildman–Crippen MR) is 125 cm³/mol. The standard InChI is InChI=1S/C24H25FN4O3S/c1-2-3-5-16-6-4-7-19(20(16)25)21(30)26-24-28-27-22(33-24)17-10-8-15(9-11-17)12-29-13-18(14-29)23(31)32/h4,6-11,18H,2-3,5,12-14H2,1H3,(H,31,32)(H,26,28,30). The molecule has 2 N–H and O–H groups in total. The molecule has 7 nitrogen and oxygen atoms in total. The fourth-order valence-electron chi connectivity index (χ4n) is 3.74. The number of nitrogens with one attached hydrogen (secondary N) is 1. The highest BCUT2D eigenvalue weighted by Crippen LogP contribution is 2.28. The van der Waals surface area contributed by atoms with Crippen molar-refractivity contribution in [1.82, 2.24) is 15.1 Å². The molecule has 0 aliphatic carbocycles. The fourth-order valence-corrected chi connectivity index (χ4v) is 4.48. The molecule has 1 saturated heterocycles. The summed E-state index contributed by atoms with van der Waals surface area (Å²) >= 11 is 1.22. The largest absolute Gasteiger partial charge is 0.481 e. The van der Waals surface area contributed by atoms with Crippen molar-refractivity contribution in [2.75, 3.05) is 18.4 Å². The number of amides is 1. The van der Waals surface area contributed by atoms with Crippen LogP contribution in [0.3, 0.4) is 0 Å². The molecule has 0 atom stereocenters. The number of carbonyl (C=O) groups excluding carboxylic acids is 1. The first-order valence-electron chi connectivity index (χ1n) is 10.9. The Balaban J connectivity index is 1.37. The molecule has 1 aromatic heterocycles. The van der Waals surface area contributed by atoms with Gasteiger partial charge in [-0.25, -0.2) is 4.39 Å². The second-order valence-electron chi connectivity index (χ2n) is 8.17. The van der Waals surface area contributed by atoms with Crippen LogP contribution in [-0.2, 0) is 17.8 Å². The number of aromatic nitrogens is 2. The topological polar surface area (TPSA) is 95.4 Å². The van der Waals surface area contributed by atoms with Crippen LogP contribution >= 0.6 is 11.3 Å². The number of rotatable bonds is 9. The van der Waals surface area contributed by atoms with Gasteiger partial charge >= 0.3 is 5.97 Å². The van der Waals surface area contributed by atoms with E-state index in [2.05, 4.69) is 20.4 Å². The SMILES string of the molecule is CCCCc1cccc(C(=O)Nc2nnc(-c3ccc(CN4CC(C(=O)O)C4)cc3)s2)c1F. The summed E-state index contributed by atoms with van der Waals surface area (Å²) in [4.78, 5) is 25.6. The van der Waals surface area contributed by atoms with Crippen LogP contribution in [-0.4, -0.2) is 45.2 Å². The molecule has 1 fully saturated rings. The van der Waals surface area contributed by atoms with E-state index in [0.717, 1.165) is 24.0 Å². The molecule has 2 heterocycles. The van der Waals surface area contributed by atoms with Gasteiger partial charge in [-0.1, -0.05) is 61.1 Å². The summed E-state index contributed by atoms with van der Waals surface area (Å²) in [5, 5.41) is 20.7. The van der Waals surface area contributed by atoms with Gasteiger partial charge in [-0.3, -0.25) is 19.8 Å². The number of carboxylic acid groups (broad SMARTS) is 1. The van der Waals surface area contributed by atoms with Crippen molar-refractivity contribution in [3.8, 4) is 10.6 Å². The smallest absolute Gasteiger partial charge is 0.309 e. The van der Waals surface area contributed by atoms with E-state index in [-0.39, 0.29) is 11.5 Å². The maximum Gasteiger partial charge on any atom is 0.309 e. The van der Waals surface area contributed by atoms with Gasteiger partial charge in [0, 0.05) is 25.2 Å². The number of hydrogen-bond acceptors (Lipinski definition) is 6. The van der Waals surface area contributed by atoms with Crippen molar-refractivity contribution in [3.63, 3.8) is 0 Å². The Morgan fingerprint density at radius 3 is 2.64 bits per heavy atom. The third-order valence-corrected chi connectivity index (χ3v) is 6.57. The summed E-state index contributed by atoms with van der Waals surface area (Å²) < 4.78 is 14.7. The lowest BCUT2D eigenvalue weighted by Crippen LogP contribution is -2.49. The highest BCUT2D eigenvalue weighted by Gasteiger charge is 2.32. The summed E-state index contributed by atoms with van der Waals surface area (Å²) in [6.45, 7) is 3.87. The van der Waals surface area contributed by atoms with Crippen molar-refractivity contribution in [3.05, 3.63) is 65.0 Å². The second-order valence-corrected chi connectivity index (χ2v) is 9.15. The molecule has 0 bridgehead atoms. The lowest BCUT2D eigenvalue weighted by molar-refractivity contribution is -0.147. The van der Waals surface area contributed by atoms with Crippen molar-refractivity contribution in [2.45, 2.75) is 32.7 Å². The number of aliphatic carboxylic acids is 1. The predicted octanol–water partition coefficient (Wildman–Crippen LogP) is 4.46. The average molecular weight is 469 g/mol. The van der Waals surface area contributed by atoms with Gasteiger partial charge in [0.1, 0.15) is 10.8 Å². The first kappa shape index (κ1) is 23.0. The minimum absolute atomic E-state index is 0.000775. The first-order chi connectivity index (χ1) is 15.9.